The van der Waals surface area contributed by atoms with Crippen LogP contribution in [0.4, 0.5) is 4.79 Å². The Hall–Kier alpha value is -2.04. The van der Waals surface area contributed by atoms with E-state index in [2.05, 4.69) is 22.8 Å². The van der Waals surface area contributed by atoms with Gasteiger partial charge in [-0.05, 0) is 24.3 Å². The second kappa shape index (κ2) is 6.16. The van der Waals surface area contributed by atoms with Gasteiger partial charge in [0.05, 0.1) is 0 Å². The van der Waals surface area contributed by atoms with E-state index in [1.54, 1.807) is 0 Å². The lowest BCUT2D eigenvalue weighted by Crippen LogP contribution is -2.52. The molecule has 5 heteroatoms. The Morgan fingerprint density at radius 2 is 1.86 bits per heavy atom. The molecular weight excluding hydrogens is 266 g/mol. The molecule has 1 fully saturated rings. The first-order chi connectivity index (χ1) is 9.94. The van der Waals surface area contributed by atoms with E-state index < -0.39 is 12.1 Å². The van der Waals surface area contributed by atoms with Gasteiger partial charge in [-0.15, -0.1) is 0 Å². The van der Waals surface area contributed by atoms with Gasteiger partial charge < -0.3 is 16.4 Å². The number of carbonyl (C=O) groups excluding carboxylic acids is 2. The number of hydrogen-bond donors (Lipinski definition) is 3. The highest BCUT2D eigenvalue weighted by atomic mass is 16.2. The van der Waals surface area contributed by atoms with Gasteiger partial charge in [-0.1, -0.05) is 44.2 Å². The third-order valence-corrected chi connectivity index (χ3v) is 4.09. The normalized spacial score (nSPS) is 17.1. The molecule has 1 saturated carbocycles. The van der Waals surface area contributed by atoms with Crippen molar-refractivity contribution in [2.75, 3.05) is 6.54 Å². The third-order valence-electron chi connectivity index (χ3n) is 4.09. The number of nitrogens with one attached hydrogen (secondary N) is 2. The van der Waals surface area contributed by atoms with Gasteiger partial charge in [0.1, 0.15) is 6.04 Å². The smallest absolute Gasteiger partial charge is 0.312 e. The Labute approximate surface area is 125 Å². The molecule has 1 aliphatic rings. The van der Waals surface area contributed by atoms with Crippen LogP contribution in [-0.4, -0.2) is 24.5 Å². The number of rotatable bonds is 6. The van der Waals surface area contributed by atoms with Gasteiger partial charge in [0.2, 0.25) is 5.91 Å². The van der Waals surface area contributed by atoms with Crippen molar-refractivity contribution in [3.63, 3.8) is 0 Å². The van der Waals surface area contributed by atoms with Gasteiger partial charge in [0.25, 0.3) is 0 Å². The Balaban J connectivity index is 1.96. The molecule has 0 radical (unpaired) electrons. The van der Waals surface area contributed by atoms with Crippen molar-refractivity contribution < 1.29 is 9.59 Å². The van der Waals surface area contributed by atoms with Crippen LogP contribution in [0.3, 0.4) is 0 Å². The molecule has 0 aromatic heterocycles. The molecule has 2 rings (SSSR count). The zero-order chi connectivity index (χ0) is 15.5. The largest absolute Gasteiger partial charge is 0.353 e. The molecule has 0 aliphatic heterocycles. The summed E-state index contributed by atoms with van der Waals surface area (Å²) in [7, 11) is 0. The van der Waals surface area contributed by atoms with E-state index in [0.29, 0.717) is 6.54 Å². The molecule has 1 aromatic carbocycles. The van der Waals surface area contributed by atoms with Crippen molar-refractivity contribution in [1.29, 1.82) is 0 Å². The van der Waals surface area contributed by atoms with Crippen LogP contribution in [0.2, 0.25) is 0 Å². The highest BCUT2D eigenvalue weighted by Gasteiger charge is 2.44. The molecule has 5 nitrogen and oxygen atoms in total. The van der Waals surface area contributed by atoms with Crippen molar-refractivity contribution in [3.8, 4) is 0 Å². The summed E-state index contributed by atoms with van der Waals surface area (Å²) in [5.74, 6) is -0.185. The fraction of sp³-hybridized carbons (Fsp3) is 0.500. The molecule has 0 spiro atoms. The SMILES string of the molecule is CC(C)[C@@H](NC(N)=O)C(=O)NCC1(c2ccccc2)CC1. The minimum absolute atomic E-state index is 0.00983. The van der Waals surface area contributed by atoms with E-state index in [0.717, 1.165) is 12.8 Å². The second-order valence-corrected chi connectivity index (χ2v) is 6.09. The summed E-state index contributed by atoms with van der Waals surface area (Å²) in [6.45, 7) is 4.36. The summed E-state index contributed by atoms with van der Waals surface area (Å²) in [6, 6.07) is 8.96. The molecule has 1 aromatic rings. The predicted molar refractivity (Wildman–Crippen MR) is 81.7 cm³/mol. The number of benzene rings is 1. The van der Waals surface area contributed by atoms with Gasteiger partial charge in [0.15, 0.2) is 0 Å². The van der Waals surface area contributed by atoms with Crippen LogP contribution in [-0.2, 0) is 10.2 Å². The van der Waals surface area contributed by atoms with Gasteiger partial charge in [-0.3, -0.25) is 4.79 Å². The highest BCUT2D eigenvalue weighted by Crippen LogP contribution is 2.47. The first-order valence-electron chi connectivity index (χ1n) is 7.34. The number of primary amides is 1. The first kappa shape index (κ1) is 15.4. The molecule has 21 heavy (non-hydrogen) atoms. The summed E-state index contributed by atoms with van der Waals surface area (Å²) in [4.78, 5) is 23.2. The monoisotopic (exact) mass is 289 g/mol. The Morgan fingerprint density at radius 3 is 2.33 bits per heavy atom. The predicted octanol–water partition coefficient (Wildman–Crippen LogP) is 1.53. The van der Waals surface area contributed by atoms with Gasteiger partial charge in [-0.25, -0.2) is 4.79 Å². The summed E-state index contributed by atoms with van der Waals surface area (Å²) < 4.78 is 0. The van der Waals surface area contributed by atoms with E-state index in [4.69, 9.17) is 5.73 Å². The van der Waals surface area contributed by atoms with Crippen molar-refractivity contribution >= 4 is 11.9 Å². The van der Waals surface area contributed by atoms with Crippen molar-refractivity contribution in [2.24, 2.45) is 11.7 Å². The first-order valence-corrected chi connectivity index (χ1v) is 7.34. The van der Waals surface area contributed by atoms with Crippen LogP contribution >= 0.6 is 0 Å². The lowest BCUT2D eigenvalue weighted by molar-refractivity contribution is -0.124. The Morgan fingerprint density at radius 1 is 1.24 bits per heavy atom. The third kappa shape index (κ3) is 3.74. The van der Waals surface area contributed by atoms with E-state index in [-0.39, 0.29) is 17.2 Å². The number of amides is 3. The fourth-order valence-electron chi connectivity index (χ4n) is 2.56. The van der Waals surface area contributed by atoms with E-state index >= 15 is 0 Å². The fourth-order valence-corrected chi connectivity index (χ4v) is 2.56. The molecule has 1 aliphatic carbocycles. The van der Waals surface area contributed by atoms with Crippen LogP contribution in [0.1, 0.15) is 32.3 Å². The van der Waals surface area contributed by atoms with Gasteiger partial charge >= 0.3 is 6.03 Å². The topological polar surface area (TPSA) is 84.2 Å². The van der Waals surface area contributed by atoms with Crippen molar-refractivity contribution in [1.82, 2.24) is 10.6 Å². The average molecular weight is 289 g/mol. The van der Waals surface area contributed by atoms with Crippen LogP contribution in [0, 0.1) is 5.92 Å². The molecule has 1 atom stereocenters. The molecule has 0 unspecified atom stereocenters. The number of hydrogen-bond acceptors (Lipinski definition) is 2. The van der Waals surface area contributed by atoms with Crippen LogP contribution in [0.25, 0.3) is 0 Å². The van der Waals surface area contributed by atoms with Crippen LogP contribution < -0.4 is 16.4 Å². The lowest BCUT2D eigenvalue weighted by atomic mass is 9.95. The van der Waals surface area contributed by atoms with Gasteiger partial charge in [0, 0.05) is 12.0 Å². The minimum atomic E-state index is -0.673. The molecule has 0 bridgehead atoms. The van der Waals surface area contributed by atoms with Crippen molar-refractivity contribution in [2.45, 2.75) is 38.1 Å². The quantitative estimate of drug-likeness (QED) is 0.742. The Bertz CT molecular complexity index is 510. The Kier molecular flexibility index (Phi) is 4.50. The molecular formula is C16H23N3O2. The summed E-state index contributed by atoms with van der Waals surface area (Å²) >= 11 is 0. The number of urea groups is 1. The maximum absolute atomic E-state index is 12.2. The maximum atomic E-state index is 12.2. The molecule has 4 N–H and O–H groups in total. The zero-order valence-corrected chi connectivity index (χ0v) is 12.6. The van der Waals surface area contributed by atoms with Gasteiger partial charge in [-0.2, -0.15) is 0 Å². The summed E-state index contributed by atoms with van der Waals surface area (Å²) in [5.41, 5.74) is 6.44. The molecule has 3 amide bonds. The van der Waals surface area contributed by atoms with Crippen LogP contribution in [0.15, 0.2) is 30.3 Å². The summed E-state index contributed by atoms with van der Waals surface area (Å²) in [5, 5.41) is 5.46. The molecule has 114 valence electrons. The molecule has 0 saturated heterocycles. The second-order valence-electron chi connectivity index (χ2n) is 6.09. The van der Waals surface area contributed by atoms with E-state index in [9.17, 15) is 9.59 Å². The number of nitrogens with two attached hydrogens (primary N) is 1. The van der Waals surface area contributed by atoms with E-state index in [1.165, 1.54) is 5.56 Å². The number of carbonyl (C=O) groups is 2. The standard InChI is InChI=1S/C16H23N3O2/c1-11(2)13(19-15(17)21)14(20)18-10-16(8-9-16)12-6-4-3-5-7-12/h3-7,11,13H,8-10H2,1-2H3,(H,18,20)(H3,17,19,21)/t13-/m1/s1. The minimum Gasteiger partial charge on any atom is -0.353 e. The zero-order valence-electron chi connectivity index (χ0n) is 12.6. The average Bonchev–Trinajstić information content (AvgIpc) is 3.24. The lowest BCUT2D eigenvalue weighted by Gasteiger charge is -2.23. The van der Waals surface area contributed by atoms with E-state index in [1.807, 2.05) is 32.0 Å². The maximum Gasteiger partial charge on any atom is 0.312 e. The van der Waals surface area contributed by atoms with Crippen LogP contribution in [0.5, 0.6) is 0 Å². The summed E-state index contributed by atoms with van der Waals surface area (Å²) in [6.07, 6.45) is 2.15. The molecule has 0 heterocycles. The van der Waals surface area contributed by atoms with Crippen molar-refractivity contribution in [3.05, 3.63) is 35.9 Å². The highest BCUT2D eigenvalue weighted by molar-refractivity contribution is 5.86.